The molecule has 2 rings (SSSR count). The van der Waals surface area contributed by atoms with E-state index in [4.69, 9.17) is 10.5 Å². The standard InChI is InChI=1S/C12H18N4O2S/c1-16(5-8(17)7-18-2)6-10-14-11(13)9-3-4-19-12(9)15-10/h3-4,8,17H,5-7H2,1-2H3,(H2,13,14,15). The number of thiophene rings is 1. The van der Waals surface area contributed by atoms with E-state index in [2.05, 4.69) is 9.97 Å². The van der Waals surface area contributed by atoms with Crippen molar-refractivity contribution in [1.82, 2.24) is 14.9 Å². The van der Waals surface area contributed by atoms with Gasteiger partial charge in [0.25, 0.3) is 0 Å². The Labute approximate surface area is 115 Å². The molecule has 0 fully saturated rings. The van der Waals surface area contributed by atoms with E-state index in [1.807, 2.05) is 23.4 Å². The monoisotopic (exact) mass is 282 g/mol. The lowest BCUT2D eigenvalue weighted by molar-refractivity contribution is 0.0414. The van der Waals surface area contributed by atoms with Gasteiger partial charge in [0.1, 0.15) is 16.5 Å². The second kappa shape index (κ2) is 6.25. The van der Waals surface area contributed by atoms with Gasteiger partial charge in [-0.15, -0.1) is 11.3 Å². The SMILES string of the molecule is COCC(O)CN(C)Cc1nc(N)c2ccsc2n1. The molecule has 6 nitrogen and oxygen atoms in total. The maximum Gasteiger partial charge on any atom is 0.146 e. The largest absolute Gasteiger partial charge is 0.389 e. The van der Waals surface area contributed by atoms with Crippen molar-refractivity contribution in [2.24, 2.45) is 0 Å². The van der Waals surface area contributed by atoms with Crippen molar-refractivity contribution in [3.05, 3.63) is 17.3 Å². The summed E-state index contributed by atoms with van der Waals surface area (Å²) in [5, 5.41) is 12.5. The molecule has 0 radical (unpaired) electrons. The number of nitrogen functional groups attached to an aromatic ring is 1. The minimum absolute atomic E-state index is 0.317. The van der Waals surface area contributed by atoms with Gasteiger partial charge in [-0.05, 0) is 18.5 Å². The van der Waals surface area contributed by atoms with Crippen LogP contribution in [0.2, 0.25) is 0 Å². The minimum atomic E-state index is -0.516. The number of rotatable bonds is 6. The molecule has 7 heteroatoms. The van der Waals surface area contributed by atoms with Crippen molar-refractivity contribution in [2.45, 2.75) is 12.6 Å². The molecule has 0 saturated carbocycles. The lowest BCUT2D eigenvalue weighted by Gasteiger charge is -2.19. The fourth-order valence-corrected chi connectivity index (χ4v) is 2.70. The Kier molecular flexibility index (Phi) is 4.65. The van der Waals surface area contributed by atoms with Crippen LogP contribution in [-0.4, -0.2) is 53.4 Å². The Morgan fingerprint density at radius 3 is 3.05 bits per heavy atom. The van der Waals surface area contributed by atoms with Gasteiger partial charge in [0, 0.05) is 13.7 Å². The fourth-order valence-electron chi connectivity index (χ4n) is 1.91. The molecule has 2 heterocycles. The zero-order valence-corrected chi connectivity index (χ0v) is 11.9. The van der Waals surface area contributed by atoms with E-state index >= 15 is 0 Å². The van der Waals surface area contributed by atoms with Crippen LogP contribution in [-0.2, 0) is 11.3 Å². The zero-order valence-electron chi connectivity index (χ0n) is 11.0. The Hall–Kier alpha value is -1.28. The molecule has 0 aliphatic carbocycles. The van der Waals surface area contributed by atoms with E-state index < -0.39 is 6.10 Å². The quantitative estimate of drug-likeness (QED) is 0.812. The number of aliphatic hydroxyl groups is 1. The first-order valence-corrected chi connectivity index (χ1v) is 6.83. The maximum atomic E-state index is 9.66. The van der Waals surface area contributed by atoms with Crippen LogP contribution in [0.4, 0.5) is 5.82 Å². The summed E-state index contributed by atoms with van der Waals surface area (Å²) in [5.74, 6) is 1.17. The number of ether oxygens (including phenoxy) is 1. The number of hydrogen-bond donors (Lipinski definition) is 2. The van der Waals surface area contributed by atoms with Crippen molar-refractivity contribution in [1.29, 1.82) is 0 Å². The third kappa shape index (κ3) is 3.60. The van der Waals surface area contributed by atoms with Crippen LogP contribution in [0.5, 0.6) is 0 Å². The summed E-state index contributed by atoms with van der Waals surface area (Å²) in [5.41, 5.74) is 5.89. The highest BCUT2D eigenvalue weighted by molar-refractivity contribution is 7.16. The van der Waals surface area contributed by atoms with Gasteiger partial charge < -0.3 is 15.6 Å². The average Bonchev–Trinajstić information content (AvgIpc) is 2.77. The van der Waals surface area contributed by atoms with Gasteiger partial charge in [0.05, 0.1) is 24.6 Å². The maximum absolute atomic E-state index is 9.66. The number of nitrogens with zero attached hydrogens (tertiary/aromatic N) is 3. The zero-order chi connectivity index (χ0) is 13.8. The molecular formula is C12H18N4O2S. The van der Waals surface area contributed by atoms with Crippen LogP contribution in [0.25, 0.3) is 10.2 Å². The minimum Gasteiger partial charge on any atom is -0.389 e. The molecule has 2 aromatic rings. The summed E-state index contributed by atoms with van der Waals surface area (Å²) in [6.45, 7) is 1.36. The molecule has 0 spiro atoms. The number of hydrogen-bond acceptors (Lipinski definition) is 7. The van der Waals surface area contributed by atoms with Crippen molar-refractivity contribution in [2.75, 3.05) is 33.0 Å². The summed E-state index contributed by atoms with van der Waals surface area (Å²) in [6, 6.07) is 1.92. The summed E-state index contributed by atoms with van der Waals surface area (Å²) < 4.78 is 4.89. The second-order valence-electron chi connectivity index (χ2n) is 4.47. The molecule has 19 heavy (non-hydrogen) atoms. The first kappa shape index (κ1) is 14.1. The van der Waals surface area contributed by atoms with E-state index in [9.17, 15) is 5.11 Å². The number of fused-ring (bicyclic) bond motifs is 1. The smallest absolute Gasteiger partial charge is 0.146 e. The Bertz CT molecular complexity index is 546. The van der Waals surface area contributed by atoms with Gasteiger partial charge in [0.2, 0.25) is 0 Å². The summed E-state index contributed by atoms with van der Waals surface area (Å²) in [7, 11) is 3.47. The molecule has 0 aliphatic heterocycles. The molecule has 0 aliphatic rings. The lowest BCUT2D eigenvalue weighted by atomic mass is 10.3. The highest BCUT2D eigenvalue weighted by Gasteiger charge is 2.11. The van der Waals surface area contributed by atoms with E-state index in [0.717, 1.165) is 10.2 Å². The molecule has 0 saturated heterocycles. The predicted octanol–water partition coefficient (Wildman–Crippen LogP) is 0.713. The third-order valence-electron chi connectivity index (χ3n) is 2.69. The van der Waals surface area contributed by atoms with Crippen molar-refractivity contribution < 1.29 is 9.84 Å². The summed E-state index contributed by atoms with van der Waals surface area (Å²) in [4.78, 5) is 11.6. The summed E-state index contributed by atoms with van der Waals surface area (Å²) in [6.07, 6.45) is -0.516. The number of aromatic nitrogens is 2. The van der Waals surface area contributed by atoms with E-state index in [1.165, 1.54) is 0 Å². The lowest BCUT2D eigenvalue weighted by Crippen LogP contribution is -2.32. The normalized spacial score (nSPS) is 13.3. The van der Waals surface area contributed by atoms with Gasteiger partial charge in [-0.2, -0.15) is 0 Å². The second-order valence-corrected chi connectivity index (χ2v) is 5.36. The van der Waals surface area contributed by atoms with Gasteiger partial charge in [0.15, 0.2) is 0 Å². The van der Waals surface area contributed by atoms with Crippen LogP contribution in [0.15, 0.2) is 11.4 Å². The molecule has 0 aromatic carbocycles. The Morgan fingerprint density at radius 2 is 2.32 bits per heavy atom. The Balaban J connectivity index is 2.04. The number of methoxy groups -OCH3 is 1. The number of aliphatic hydroxyl groups excluding tert-OH is 1. The van der Waals surface area contributed by atoms with Crippen LogP contribution in [0.1, 0.15) is 5.82 Å². The number of nitrogens with two attached hydrogens (primary N) is 1. The van der Waals surface area contributed by atoms with Crippen LogP contribution < -0.4 is 5.73 Å². The molecule has 0 amide bonds. The molecular weight excluding hydrogens is 264 g/mol. The molecule has 1 atom stereocenters. The van der Waals surface area contributed by atoms with Crippen LogP contribution in [0.3, 0.4) is 0 Å². The topological polar surface area (TPSA) is 84.5 Å². The third-order valence-corrected chi connectivity index (χ3v) is 3.50. The van der Waals surface area contributed by atoms with Crippen molar-refractivity contribution in [3.8, 4) is 0 Å². The number of likely N-dealkylation sites (N-methyl/N-ethyl adjacent to an activating group) is 1. The van der Waals surface area contributed by atoms with Crippen molar-refractivity contribution >= 4 is 27.4 Å². The average molecular weight is 282 g/mol. The molecule has 0 bridgehead atoms. The highest BCUT2D eigenvalue weighted by atomic mass is 32.1. The molecule has 104 valence electrons. The van der Waals surface area contributed by atoms with Crippen LogP contribution in [0, 0.1) is 0 Å². The van der Waals surface area contributed by atoms with E-state index in [-0.39, 0.29) is 0 Å². The molecule has 2 aromatic heterocycles. The highest BCUT2D eigenvalue weighted by Crippen LogP contribution is 2.23. The van der Waals surface area contributed by atoms with Gasteiger partial charge in [-0.3, -0.25) is 4.90 Å². The van der Waals surface area contributed by atoms with Crippen LogP contribution >= 0.6 is 11.3 Å². The Morgan fingerprint density at radius 1 is 1.53 bits per heavy atom. The first-order chi connectivity index (χ1) is 9.10. The van der Waals surface area contributed by atoms with Crippen molar-refractivity contribution in [3.63, 3.8) is 0 Å². The van der Waals surface area contributed by atoms with E-state index in [1.54, 1.807) is 18.4 Å². The van der Waals surface area contributed by atoms with Gasteiger partial charge in [-0.1, -0.05) is 0 Å². The molecule has 1 unspecified atom stereocenters. The predicted molar refractivity (Wildman–Crippen MR) is 76.0 cm³/mol. The van der Waals surface area contributed by atoms with E-state index in [0.29, 0.717) is 31.3 Å². The first-order valence-electron chi connectivity index (χ1n) is 5.95. The fraction of sp³-hybridized carbons (Fsp3) is 0.500. The van der Waals surface area contributed by atoms with Gasteiger partial charge >= 0.3 is 0 Å². The molecule has 3 N–H and O–H groups in total. The van der Waals surface area contributed by atoms with Gasteiger partial charge in [-0.25, -0.2) is 9.97 Å². The number of anilines is 1. The summed E-state index contributed by atoms with van der Waals surface area (Å²) >= 11 is 1.55.